The van der Waals surface area contributed by atoms with E-state index in [-0.39, 0.29) is 23.8 Å². The quantitative estimate of drug-likeness (QED) is 0.628. The van der Waals surface area contributed by atoms with Crippen molar-refractivity contribution < 1.29 is 14.1 Å². The summed E-state index contributed by atoms with van der Waals surface area (Å²) in [6, 6.07) is 2.65. The molecule has 1 saturated heterocycles. The number of furan rings is 1. The molecule has 0 radical (unpaired) electrons. The Labute approximate surface area is 104 Å². The predicted molar refractivity (Wildman–Crippen MR) is 63.1 cm³/mol. The fourth-order valence-corrected chi connectivity index (χ4v) is 2.19. The van der Waals surface area contributed by atoms with Crippen LogP contribution in [0.2, 0.25) is 0 Å². The number of hydrogen-bond acceptors (Lipinski definition) is 5. The number of carbonyl (C=O) groups excluding carboxylic acids is 1. The monoisotopic (exact) mass is 253 g/mol. The van der Waals surface area contributed by atoms with Crippen molar-refractivity contribution in [1.82, 2.24) is 4.90 Å². The van der Waals surface area contributed by atoms with Crippen LogP contribution >= 0.6 is 0 Å². The smallest absolute Gasteiger partial charge is 0.395 e. The molecule has 7 nitrogen and oxygen atoms in total. The van der Waals surface area contributed by atoms with E-state index in [9.17, 15) is 14.9 Å². The highest BCUT2D eigenvalue weighted by molar-refractivity contribution is 5.92. The van der Waals surface area contributed by atoms with Gasteiger partial charge in [0, 0.05) is 18.6 Å². The van der Waals surface area contributed by atoms with Crippen molar-refractivity contribution >= 4 is 11.8 Å². The molecule has 98 valence electrons. The molecule has 2 heterocycles. The highest BCUT2D eigenvalue weighted by Crippen LogP contribution is 2.22. The molecule has 1 fully saturated rings. The van der Waals surface area contributed by atoms with Gasteiger partial charge in [0.15, 0.2) is 5.76 Å². The van der Waals surface area contributed by atoms with Crippen LogP contribution in [0.5, 0.6) is 0 Å². The minimum Gasteiger partial charge on any atom is -0.395 e. The van der Waals surface area contributed by atoms with Gasteiger partial charge < -0.3 is 15.1 Å². The normalized spacial score (nSPS) is 24.0. The van der Waals surface area contributed by atoms with Crippen LogP contribution in [-0.2, 0) is 0 Å². The van der Waals surface area contributed by atoms with Crippen LogP contribution in [-0.4, -0.2) is 34.4 Å². The second kappa shape index (κ2) is 4.77. The number of rotatable bonds is 2. The molecular formula is C11H15N3O4. The van der Waals surface area contributed by atoms with E-state index in [1.54, 1.807) is 4.90 Å². The number of nitro groups is 1. The summed E-state index contributed by atoms with van der Waals surface area (Å²) in [5.74, 6) is -0.730. The number of nitrogens with zero attached hydrogens (tertiary/aromatic N) is 2. The van der Waals surface area contributed by atoms with Crippen LogP contribution in [0.3, 0.4) is 0 Å². The van der Waals surface area contributed by atoms with E-state index in [0.717, 1.165) is 12.8 Å². The molecule has 0 aromatic carbocycles. The van der Waals surface area contributed by atoms with Gasteiger partial charge in [0.05, 0.1) is 6.07 Å². The van der Waals surface area contributed by atoms with Crippen LogP contribution in [0.15, 0.2) is 16.5 Å². The zero-order chi connectivity index (χ0) is 13.3. The number of hydrogen-bond donors (Lipinski definition) is 1. The molecule has 0 saturated carbocycles. The number of carbonyl (C=O) groups is 1. The van der Waals surface area contributed by atoms with Gasteiger partial charge in [-0.15, -0.1) is 0 Å². The standard InChI is InChI=1S/C11H15N3O4/c1-7-6-8(12)4-5-13(7)11(15)9-2-3-10(18-9)14(16)17/h2-3,7-8H,4-6,12H2,1H3. The van der Waals surface area contributed by atoms with E-state index < -0.39 is 10.8 Å². The van der Waals surface area contributed by atoms with Gasteiger partial charge in [0.1, 0.15) is 4.92 Å². The van der Waals surface area contributed by atoms with Gasteiger partial charge in [-0.1, -0.05) is 0 Å². The van der Waals surface area contributed by atoms with Gasteiger partial charge >= 0.3 is 5.88 Å². The molecule has 18 heavy (non-hydrogen) atoms. The molecule has 0 aliphatic carbocycles. The zero-order valence-corrected chi connectivity index (χ0v) is 10.0. The molecule has 2 N–H and O–H groups in total. The van der Waals surface area contributed by atoms with E-state index in [4.69, 9.17) is 10.2 Å². The van der Waals surface area contributed by atoms with Crippen LogP contribution in [0, 0.1) is 10.1 Å². The predicted octanol–water partition coefficient (Wildman–Crippen LogP) is 1.14. The fourth-order valence-electron chi connectivity index (χ4n) is 2.19. The van der Waals surface area contributed by atoms with E-state index in [2.05, 4.69) is 0 Å². The Morgan fingerprint density at radius 1 is 1.61 bits per heavy atom. The molecule has 1 aliphatic heterocycles. The van der Waals surface area contributed by atoms with Crippen molar-refractivity contribution in [1.29, 1.82) is 0 Å². The first-order valence-electron chi connectivity index (χ1n) is 5.80. The lowest BCUT2D eigenvalue weighted by Gasteiger charge is -2.35. The molecular weight excluding hydrogens is 238 g/mol. The van der Waals surface area contributed by atoms with Crippen molar-refractivity contribution in [3.8, 4) is 0 Å². The van der Waals surface area contributed by atoms with Crippen LogP contribution in [0.4, 0.5) is 5.88 Å². The van der Waals surface area contributed by atoms with Gasteiger partial charge in [0.25, 0.3) is 5.91 Å². The maximum Gasteiger partial charge on any atom is 0.433 e. The maximum atomic E-state index is 12.1. The summed E-state index contributed by atoms with van der Waals surface area (Å²) in [5.41, 5.74) is 5.82. The van der Waals surface area contributed by atoms with Gasteiger partial charge in [-0.3, -0.25) is 14.9 Å². The van der Waals surface area contributed by atoms with E-state index in [0.29, 0.717) is 6.54 Å². The number of nitrogens with two attached hydrogens (primary N) is 1. The third-order valence-corrected chi connectivity index (χ3v) is 3.16. The second-order valence-electron chi connectivity index (χ2n) is 4.53. The molecule has 2 rings (SSSR count). The molecule has 0 spiro atoms. The lowest BCUT2D eigenvalue weighted by molar-refractivity contribution is -0.402. The van der Waals surface area contributed by atoms with Gasteiger partial charge in [-0.05, 0) is 25.8 Å². The zero-order valence-electron chi connectivity index (χ0n) is 10.0. The van der Waals surface area contributed by atoms with Crippen LogP contribution < -0.4 is 5.73 Å². The summed E-state index contributed by atoms with van der Waals surface area (Å²) >= 11 is 0. The highest BCUT2D eigenvalue weighted by Gasteiger charge is 2.30. The number of likely N-dealkylation sites (tertiary alicyclic amines) is 1. The van der Waals surface area contributed by atoms with Crippen molar-refractivity contribution in [2.75, 3.05) is 6.54 Å². The summed E-state index contributed by atoms with van der Waals surface area (Å²) in [5, 5.41) is 10.5. The molecule has 1 aliphatic rings. The largest absolute Gasteiger partial charge is 0.433 e. The lowest BCUT2D eigenvalue weighted by atomic mass is 9.99. The van der Waals surface area contributed by atoms with Gasteiger partial charge in [-0.25, -0.2) is 0 Å². The average molecular weight is 253 g/mol. The molecule has 1 aromatic rings. The summed E-state index contributed by atoms with van der Waals surface area (Å²) in [4.78, 5) is 23.6. The van der Waals surface area contributed by atoms with Crippen molar-refractivity contribution in [2.45, 2.75) is 31.8 Å². The van der Waals surface area contributed by atoms with E-state index in [1.165, 1.54) is 12.1 Å². The summed E-state index contributed by atoms with van der Waals surface area (Å²) in [6.07, 6.45) is 1.47. The molecule has 1 aromatic heterocycles. The first kappa shape index (κ1) is 12.6. The first-order valence-corrected chi connectivity index (χ1v) is 5.80. The minimum absolute atomic E-state index is 0.00372. The van der Waals surface area contributed by atoms with Crippen LogP contribution in [0.25, 0.3) is 0 Å². The summed E-state index contributed by atoms with van der Waals surface area (Å²) < 4.78 is 4.91. The van der Waals surface area contributed by atoms with Crippen molar-refractivity contribution in [3.63, 3.8) is 0 Å². The summed E-state index contributed by atoms with van der Waals surface area (Å²) in [6.45, 7) is 2.46. The first-order chi connectivity index (χ1) is 8.49. The second-order valence-corrected chi connectivity index (χ2v) is 4.53. The molecule has 2 unspecified atom stereocenters. The van der Waals surface area contributed by atoms with Crippen LogP contribution in [0.1, 0.15) is 30.3 Å². The Balaban J connectivity index is 2.13. The Morgan fingerprint density at radius 2 is 2.33 bits per heavy atom. The average Bonchev–Trinajstić information content (AvgIpc) is 2.77. The Morgan fingerprint density at radius 3 is 2.89 bits per heavy atom. The highest BCUT2D eigenvalue weighted by atomic mass is 16.6. The third-order valence-electron chi connectivity index (χ3n) is 3.16. The Hall–Kier alpha value is -1.89. The van der Waals surface area contributed by atoms with Gasteiger partial charge in [0.2, 0.25) is 0 Å². The molecule has 1 amide bonds. The van der Waals surface area contributed by atoms with E-state index in [1.807, 2.05) is 6.92 Å². The third kappa shape index (κ3) is 2.35. The molecule has 0 bridgehead atoms. The Kier molecular flexibility index (Phi) is 3.33. The van der Waals surface area contributed by atoms with Crippen molar-refractivity contribution in [2.24, 2.45) is 5.73 Å². The molecule has 7 heteroatoms. The SMILES string of the molecule is CC1CC(N)CCN1C(=O)c1ccc([N+](=O)[O-])o1. The summed E-state index contributed by atoms with van der Waals surface area (Å²) in [7, 11) is 0. The fraction of sp³-hybridized carbons (Fsp3) is 0.545. The number of amides is 1. The lowest BCUT2D eigenvalue weighted by Crippen LogP contribution is -2.48. The van der Waals surface area contributed by atoms with Crippen molar-refractivity contribution in [3.05, 3.63) is 28.0 Å². The Bertz CT molecular complexity index is 471. The number of piperidine rings is 1. The topological polar surface area (TPSA) is 103 Å². The van der Waals surface area contributed by atoms with Gasteiger partial charge in [-0.2, -0.15) is 0 Å². The maximum absolute atomic E-state index is 12.1. The van der Waals surface area contributed by atoms with E-state index >= 15 is 0 Å². The minimum atomic E-state index is -0.660. The molecule has 2 atom stereocenters.